The molecule has 0 spiro atoms. The summed E-state index contributed by atoms with van der Waals surface area (Å²) in [4.78, 5) is 13.9. The van der Waals surface area contributed by atoms with E-state index in [1.165, 1.54) is 0 Å². The molecular weight excluding hydrogens is 261 g/mol. The topological polar surface area (TPSA) is 40.5 Å². The molecule has 0 saturated carbocycles. The minimum absolute atomic E-state index is 0.01000. The summed E-state index contributed by atoms with van der Waals surface area (Å²) >= 11 is 11.9. The van der Waals surface area contributed by atoms with Gasteiger partial charge in [0.2, 0.25) is 0 Å². The van der Waals surface area contributed by atoms with Crippen molar-refractivity contribution in [2.24, 2.45) is 0 Å². The molecule has 92 valence electrons. The summed E-state index contributed by atoms with van der Waals surface area (Å²) in [5, 5.41) is 10.1. The molecule has 0 radical (unpaired) electrons. The molecule has 0 aliphatic carbocycles. The predicted molar refractivity (Wildman–Crippen MR) is 67.6 cm³/mol. The fourth-order valence-electron chi connectivity index (χ4n) is 2.11. The van der Waals surface area contributed by atoms with E-state index in [0.29, 0.717) is 22.2 Å². The Hall–Kier alpha value is -0.770. The van der Waals surface area contributed by atoms with Crippen LogP contribution in [0.15, 0.2) is 18.2 Å². The largest absolute Gasteiger partial charge is 0.394 e. The zero-order valence-corrected chi connectivity index (χ0v) is 10.7. The van der Waals surface area contributed by atoms with Gasteiger partial charge >= 0.3 is 0 Å². The fraction of sp³-hybridized carbons (Fsp3) is 0.417. The predicted octanol–water partition coefficient (Wildman–Crippen LogP) is 2.59. The molecule has 1 fully saturated rings. The number of halogens is 2. The zero-order chi connectivity index (χ0) is 12.4. The van der Waals surface area contributed by atoms with Crippen molar-refractivity contribution in [3.8, 4) is 0 Å². The molecule has 2 rings (SSSR count). The lowest BCUT2D eigenvalue weighted by Crippen LogP contribution is -2.37. The number of benzene rings is 1. The first kappa shape index (κ1) is 12.7. The quantitative estimate of drug-likeness (QED) is 0.900. The number of amides is 1. The van der Waals surface area contributed by atoms with E-state index in [0.717, 1.165) is 12.8 Å². The van der Waals surface area contributed by atoms with E-state index < -0.39 is 0 Å². The van der Waals surface area contributed by atoms with Crippen molar-refractivity contribution in [2.75, 3.05) is 13.2 Å². The number of carbonyl (C=O) groups is 1. The molecule has 0 unspecified atom stereocenters. The van der Waals surface area contributed by atoms with Crippen molar-refractivity contribution in [3.05, 3.63) is 33.8 Å². The van der Waals surface area contributed by atoms with Crippen LogP contribution in [-0.4, -0.2) is 35.1 Å². The molecule has 1 aromatic carbocycles. The summed E-state index contributed by atoms with van der Waals surface area (Å²) in [5.74, 6) is -0.158. The summed E-state index contributed by atoms with van der Waals surface area (Å²) in [6, 6.07) is 4.73. The summed E-state index contributed by atoms with van der Waals surface area (Å²) in [6.45, 7) is 0.650. The standard InChI is InChI=1S/C12H13Cl2NO2/c13-8-3-4-11(14)10(6-8)12(17)15-5-1-2-9(15)7-16/h3-4,6,9,16H,1-2,5,7H2/t9-/m0/s1. The van der Waals surface area contributed by atoms with Gasteiger partial charge in [0, 0.05) is 11.6 Å². The normalized spacial score (nSPS) is 19.7. The van der Waals surface area contributed by atoms with Gasteiger partial charge in [-0.2, -0.15) is 0 Å². The number of hydrogen-bond acceptors (Lipinski definition) is 2. The van der Waals surface area contributed by atoms with E-state index in [1.54, 1.807) is 23.1 Å². The third-order valence-corrected chi connectivity index (χ3v) is 3.57. The molecule has 1 heterocycles. The van der Waals surface area contributed by atoms with Gasteiger partial charge in [0.25, 0.3) is 5.91 Å². The van der Waals surface area contributed by atoms with Crippen LogP contribution in [0, 0.1) is 0 Å². The Morgan fingerprint density at radius 2 is 2.24 bits per heavy atom. The summed E-state index contributed by atoms with van der Waals surface area (Å²) in [6.07, 6.45) is 1.75. The van der Waals surface area contributed by atoms with Crippen molar-refractivity contribution in [2.45, 2.75) is 18.9 Å². The Morgan fingerprint density at radius 3 is 2.94 bits per heavy atom. The van der Waals surface area contributed by atoms with Gasteiger partial charge in [0.1, 0.15) is 0 Å². The number of hydrogen-bond donors (Lipinski definition) is 1. The highest BCUT2D eigenvalue weighted by Gasteiger charge is 2.29. The molecule has 5 heteroatoms. The van der Waals surface area contributed by atoms with E-state index in [2.05, 4.69) is 0 Å². The summed E-state index contributed by atoms with van der Waals surface area (Å²) in [5.41, 5.74) is 0.402. The second kappa shape index (κ2) is 5.25. The number of likely N-dealkylation sites (tertiary alicyclic amines) is 1. The van der Waals surface area contributed by atoms with Gasteiger partial charge in [-0.05, 0) is 31.0 Å². The summed E-state index contributed by atoms with van der Waals surface area (Å²) < 4.78 is 0. The number of aliphatic hydroxyl groups is 1. The van der Waals surface area contributed by atoms with Crippen molar-refractivity contribution in [1.82, 2.24) is 4.90 Å². The van der Waals surface area contributed by atoms with Gasteiger partial charge < -0.3 is 10.0 Å². The first-order chi connectivity index (χ1) is 8.13. The van der Waals surface area contributed by atoms with Gasteiger partial charge in [0.05, 0.1) is 23.2 Å². The number of nitrogens with zero attached hydrogens (tertiary/aromatic N) is 1. The maximum Gasteiger partial charge on any atom is 0.255 e. The molecule has 1 amide bonds. The fourth-order valence-corrected chi connectivity index (χ4v) is 2.48. The van der Waals surface area contributed by atoms with E-state index in [4.69, 9.17) is 23.2 Å². The van der Waals surface area contributed by atoms with E-state index in [1.807, 2.05) is 0 Å². The lowest BCUT2D eigenvalue weighted by Gasteiger charge is -2.23. The van der Waals surface area contributed by atoms with E-state index in [9.17, 15) is 9.90 Å². The highest BCUT2D eigenvalue weighted by molar-refractivity contribution is 6.35. The van der Waals surface area contributed by atoms with Crippen LogP contribution in [0.5, 0.6) is 0 Å². The maximum atomic E-state index is 12.3. The molecule has 0 aromatic heterocycles. The monoisotopic (exact) mass is 273 g/mol. The lowest BCUT2D eigenvalue weighted by molar-refractivity contribution is 0.0678. The van der Waals surface area contributed by atoms with Crippen molar-refractivity contribution in [3.63, 3.8) is 0 Å². The minimum atomic E-state index is -0.158. The molecule has 1 atom stereocenters. The Morgan fingerprint density at radius 1 is 1.47 bits per heavy atom. The molecule has 1 N–H and O–H groups in total. The third kappa shape index (κ3) is 2.57. The van der Waals surface area contributed by atoms with Gasteiger partial charge in [-0.3, -0.25) is 4.79 Å². The van der Waals surface area contributed by atoms with Gasteiger partial charge in [-0.1, -0.05) is 23.2 Å². The Kier molecular flexibility index (Phi) is 3.92. The minimum Gasteiger partial charge on any atom is -0.394 e. The van der Waals surface area contributed by atoms with Gasteiger partial charge in [-0.15, -0.1) is 0 Å². The van der Waals surface area contributed by atoms with Crippen molar-refractivity contribution in [1.29, 1.82) is 0 Å². The SMILES string of the molecule is O=C(c1cc(Cl)ccc1Cl)N1CCC[C@H]1CO. The highest BCUT2D eigenvalue weighted by Crippen LogP contribution is 2.25. The van der Waals surface area contributed by atoms with Crippen LogP contribution in [0.2, 0.25) is 10.0 Å². The van der Waals surface area contributed by atoms with Crippen LogP contribution < -0.4 is 0 Å². The van der Waals surface area contributed by atoms with Crippen LogP contribution in [0.1, 0.15) is 23.2 Å². The van der Waals surface area contributed by atoms with Crippen molar-refractivity contribution >= 4 is 29.1 Å². The van der Waals surface area contributed by atoms with E-state index in [-0.39, 0.29) is 18.6 Å². The molecular formula is C12H13Cl2NO2. The molecule has 1 aliphatic heterocycles. The van der Waals surface area contributed by atoms with Crippen LogP contribution in [0.25, 0.3) is 0 Å². The first-order valence-corrected chi connectivity index (χ1v) is 6.26. The number of aliphatic hydroxyl groups excluding tert-OH is 1. The zero-order valence-electron chi connectivity index (χ0n) is 9.20. The Labute approximate surface area is 110 Å². The average molecular weight is 274 g/mol. The third-order valence-electron chi connectivity index (χ3n) is 3.01. The smallest absolute Gasteiger partial charge is 0.255 e. The molecule has 1 aliphatic rings. The number of carbonyl (C=O) groups excluding carboxylic acids is 1. The van der Waals surface area contributed by atoms with Crippen LogP contribution >= 0.6 is 23.2 Å². The van der Waals surface area contributed by atoms with Crippen LogP contribution in [0.3, 0.4) is 0 Å². The van der Waals surface area contributed by atoms with Gasteiger partial charge in [-0.25, -0.2) is 0 Å². The lowest BCUT2D eigenvalue weighted by atomic mass is 10.1. The molecule has 0 bridgehead atoms. The van der Waals surface area contributed by atoms with Crippen molar-refractivity contribution < 1.29 is 9.90 Å². The van der Waals surface area contributed by atoms with E-state index >= 15 is 0 Å². The first-order valence-electron chi connectivity index (χ1n) is 5.50. The average Bonchev–Trinajstić information content (AvgIpc) is 2.79. The molecule has 1 aromatic rings. The highest BCUT2D eigenvalue weighted by atomic mass is 35.5. The Balaban J connectivity index is 2.27. The van der Waals surface area contributed by atoms with Crippen LogP contribution in [0.4, 0.5) is 0 Å². The summed E-state index contributed by atoms with van der Waals surface area (Å²) in [7, 11) is 0. The second-order valence-corrected chi connectivity index (χ2v) is 4.94. The molecule has 3 nitrogen and oxygen atoms in total. The number of rotatable bonds is 2. The molecule has 17 heavy (non-hydrogen) atoms. The Bertz CT molecular complexity index is 437. The van der Waals surface area contributed by atoms with Crippen LogP contribution in [-0.2, 0) is 0 Å². The van der Waals surface area contributed by atoms with Gasteiger partial charge in [0.15, 0.2) is 0 Å². The molecule has 1 saturated heterocycles. The maximum absolute atomic E-state index is 12.3. The second-order valence-electron chi connectivity index (χ2n) is 4.10.